The molecule has 0 spiro atoms. The minimum absolute atomic E-state index is 0.0260. The van der Waals surface area contributed by atoms with Crippen molar-refractivity contribution >= 4 is 17.5 Å². The number of carbonyl (C=O) groups excluding carboxylic acids is 1. The van der Waals surface area contributed by atoms with Crippen LogP contribution in [0, 0.1) is 5.92 Å². The molecule has 1 aromatic rings. The average Bonchev–Trinajstić information content (AvgIpc) is 3.04. The lowest BCUT2D eigenvalue weighted by molar-refractivity contribution is -0.117. The van der Waals surface area contributed by atoms with Crippen molar-refractivity contribution in [3.63, 3.8) is 0 Å². The highest BCUT2D eigenvalue weighted by molar-refractivity contribution is 5.93. The second-order valence-corrected chi connectivity index (χ2v) is 3.09. The van der Waals surface area contributed by atoms with Gasteiger partial charge in [0.1, 0.15) is 18.0 Å². The molecule has 3 N–H and O–H groups in total. The number of aromatic nitrogens is 2. The molecule has 1 saturated carbocycles. The predicted molar refractivity (Wildman–Crippen MR) is 59.1 cm³/mol. The monoisotopic (exact) mass is 208 g/mol. The van der Waals surface area contributed by atoms with Crippen molar-refractivity contribution in [3.8, 4) is 0 Å². The van der Waals surface area contributed by atoms with Gasteiger partial charge in [0.2, 0.25) is 5.91 Å². The first kappa shape index (κ1) is 11.4. The van der Waals surface area contributed by atoms with E-state index in [-0.39, 0.29) is 11.8 Å². The van der Waals surface area contributed by atoms with Crippen molar-refractivity contribution in [2.24, 2.45) is 5.92 Å². The Kier molecular flexibility index (Phi) is 4.03. The maximum atomic E-state index is 11.3. The molecule has 1 fully saturated rings. The van der Waals surface area contributed by atoms with Crippen LogP contribution in [0.25, 0.3) is 0 Å². The van der Waals surface area contributed by atoms with Gasteiger partial charge in [0.05, 0.1) is 0 Å². The van der Waals surface area contributed by atoms with Crippen LogP contribution in [0.2, 0.25) is 0 Å². The number of hydrogen-bond donors (Lipinski definition) is 2. The van der Waals surface area contributed by atoms with Gasteiger partial charge in [-0.3, -0.25) is 4.79 Å². The molecule has 82 valence electrons. The highest BCUT2D eigenvalue weighted by Crippen LogP contribution is 2.29. The third kappa shape index (κ3) is 3.53. The van der Waals surface area contributed by atoms with Gasteiger partial charge in [0, 0.05) is 12.0 Å². The number of nitrogen functional groups attached to an aromatic ring is 1. The van der Waals surface area contributed by atoms with Gasteiger partial charge in [-0.05, 0) is 12.8 Å². The second-order valence-electron chi connectivity index (χ2n) is 3.09. The fourth-order valence-electron chi connectivity index (χ4n) is 1.01. The van der Waals surface area contributed by atoms with Crippen LogP contribution in [0.4, 0.5) is 11.6 Å². The first-order valence-electron chi connectivity index (χ1n) is 5.14. The van der Waals surface area contributed by atoms with Crippen molar-refractivity contribution in [3.05, 3.63) is 12.4 Å². The van der Waals surface area contributed by atoms with Crippen molar-refractivity contribution in [2.45, 2.75) is 26.7 Å². The van der Waals surface area contributed by atoms with Gasteiger partial charge in [0.15, 0.2) is 0 Å². The third-order valence-electron chi connectivity index (χ3n) is 1.89. The molecule has 1 aliphatic carbocycles. The topological polar surface area (TPSA) is 80.9 Å². The molecule has 1 amide bonds. The maximum Gasteiger partial charge on any atom is 0.228 e. The lowest BCUT2D eigenvalue weighted by Gasteiger charge is -2.02. The molecule has 0 saturated heterocycles. The summed E-state index contributed by atoms with van der Waals surface area (Å²) in [6.45, 7) is 4.00. The molecule has 0 aliphatic heterocycles. The Hall–Kier alpha value is -1.65. The molecule has 5 heteroatoms. The van der Waals surface area contributed by atoms with Crippen LogP contribution in [0.15, 0.2) is 12.4 Å². The summed E-state index contributed by atoms with van der Waals surface area (Å²) in [5.41, 5.74) is 5.42. The summed E-state index contributed by atoms with van der Waals surface area (Å²) in [7, 11) is 0. The van der Waals surface area contributed by atoms with E-state index in [1.165, 1.54) is 6.33 Å². The molecule has 0 bridgehead atoms. The number of anilines is 2. The third-order valence-corrected chi connectivity index (χ3v) is 1.89. The van der Waals surface area contributed by atoms with Crippen LogP contribution in [-0.4, -0.2) is 15.9 Å². The smallest absolute Gasteiger partial charge is 0.228 e. The van der Waals surface area contributed by atoms with E-state index in [4.69, 9.17) is 5.73 Å². The largest absolute Gasteiger partial charge is 0.384 e. The van der Waals surface area contributed by atoms with Gasteiger partial charge in [-0.2, -0.15) is 0 Å². The SMILES string of the molecule is CC.Nc1cc(NC(=O)C2CC2)ncn1. The standard InChI is InChI=1S/C8H10N4O.C2H6/c9-6-3-7(11-4-10-6)12-8(13)5-1-2-5;1-2/h3-5H,1-2H2,(H3,9,10,11,12,13);1-2H3. The van der Waals surface area contributed by atoms with E-state index in [2.05, 4.69) is 15.3 Å². The Morgan fingerprint density at radius 1 is 1.47 bits per heavy atom. The minimum atomic E-state index is 0.0260. The van der Waals surface area contributed by atoms with Crippen LogP contribution in [-0.2, 0) is 4.79 Å². The Morgan fingerprint density at radius 2 is 2.13 bits per heavy atom. The number of rotatable bonds is 2. The predicted octanol–water partition coefficient (Wildman–Crippen LogP) is 1.43. The Morgan fingerprint density at radius 3 is 2.67 bits per heavy atom. The van der Waals surface area contributed by atoms with Gasteiger partial charge < -0.3 is 11.1 Å². The molecule has 0 radical (unpaired) electrons. The molecule has 1 aliphatic rings. The number of nitrogens with one attached hydrogen (secondary N) is 1. The molecule has 2 rings (SSSR count). The number of nitrogens with two attached hydrogens (primary N) is 1. The molecular weight excluding hydrogens is 192 g/mol. The zero-order chi connectivity index (χ0) is 11.3. The fourth-order valence-corrected chi connectivity index (χ4v) is 1.01. The highest BCUT2D eigenvalue weighted by atomic mass is 16.2. The Labute approximate surface area is 89.1 Å². The first-order chi connectivity index (χ1) is 7.25. The van der Waals surface area contributed by atoms with E-state index in [1.807, 2.05) is 13.8 Å². The lowest BCUT2D eigenvalue weighted by atomic mass is 10.4. The quantitative estimate of drug-likeness (QED) is 0.770. The normalized spacial score (nSPS) is 13.7. The van der Waals surface area contributed by atoms with Crippen molar-refractivity contribution < 1.29 is 4.79 Å². The van der Waals surface area contributed by atoms with Crippen molar-refractivity contribution in [1.29, 1.82) is 0 Å². The summed E-state index contributed by atoms with van der Waals surface area (Å²) in [4.78, 5) is 18.9. The van der Waals surface area contributed by atoms with Gasteiger partial charge in [-0.1, -0.05) is 13.8 Å². The summed E-state index contributed by atoms with van der Waals surface area (Å²) >= 11 is 0. The molecular formula is C10H16N4O. The van der Waals surface area contributed by atoms with Gasteiger partial charge in [-0.25, -0.2) is 9.97 Å². The van der Waals surface area contributed by atoms with Gasteiger partial charge >= 0.3 is 0 Å². The molecule has 0 atom stereocenters. The molecule has 1 aromatic heterocycles. The molecule has 0 aromatic carbocycles. The summed E-state index contributed by atoms with van der Waals surface area (Å²) in [5.74, 6) is 1.04. The van der Waals surface area contributed by atoms with Crippen LogP contribution in [0.5, 0.6) is 0 Å². The summed E-state index contributed by atoms with van der Waals surface area (Å²) in [6.07, 6.45) is 3.29. The molecule has 15 heavy (non-hydrogen) atoms. The second kappa shape index (κ2) is 5.29. The van der Waals surface area contributed by atoms with Crippen LogP contribution in [0.1, 0.15) is 26.7 Å². The number of hydrogen-bond acceptors (Lipinski definition) is 4. The van der Waals surface area contributed by atoms with E-state index in [0.717, 1.165) is 12.8 Å². The van der Waals surface area contributed by atoms with Gasteiger partial charge in [0.25, 0.3) is 0 Å². The average molecular weight is 208 g/mol. The Balaban J connectivity index is 0.000000531. The summed E-state index contributed by atoms with van der Waals surface area (Å²) in [5, 5.41) is 2.67. The lowest BCUT2D eigenvalue weighted by Crippen LogP contribution is -2.14. The summed E-state index contributed by atoms with van der Waals surface area (Å²) < 4.78 is 0. The van der Waals surface area contributed by atoms with Crippen LogP contribution >= 0.6 is 0 Å². The fraction of sp³-hybridized carbons (Fsp3) is 0.500. The molecule has 0 unspecified atom stereocenters. The van der Waals surface area contributed by atoms with E-state index in [0.29, 0.717) is 11.6 Å². The molecule has 1 heterocycles. The van der Waals surface area contributed by atoms with E-state index < -0.39 is 0 Å². The number of carbonyl (C=O) groups is 1. The zero-order valence-corrected chi connectivity index (χ0v) is 9.03. The van der Waals surface area contributed by atoms with E-state index in [9.17, 15) is 4.79 Å². The van der Waals surface area contributed by atoms with Crippen LogP contribution in [0.3, 0.4) is 0 Å². The zero-order valence-electron chi connectivity index (χ0n) is 9.03. The van der Waals surface area contributed by atoms with E-state index >= 15 is 0 Å². The van der Waals surface area contributed by atoms with Crippen molar-refractivity contribution in [1.82, 2.24) is 9.97 Å². The molecule has 5 nitrogen and oxygen atoms in total. The highest BCUT2D eigenvalue weighted by Gasteiger charge is 2.29. The maximum absolute atomic E-state index is 11.3. The van der Waals surface area contributed by atoms with Gasteiger partial charge in [-0.15, -0.1) is 0 Å². The number of amides is 1. The summed E-state index contributed by atoms with van der Waals surface area (Å²) in [6, 6.07) is 1.54. The minimum Gasteiger partial charge on any atom is -0.384 e. The van der Waals surface area contributed by atoms with E-state index in [1.54, 1.807) is 6.07 Å². The van der Waals surface area contributed by atoms with Crippen LogP contribution < -0.4 is 11.1 Å². The first-order valence-corrected chi connectivity index (χ1v) is 5.14. The number of nitrogens with zero attached hydrogens (tertiary/aromatic N) is 2. The van der Waals surface area contributed by atoms with Crippen molar-refractivity contribution in [2.75, 3.05) is 11.1 Å². The Bertz CT molecular complexity index is 336.